The lowest BCUT2D eigenvalue weighted by Crippen LogP contribution is -2.18. The molecule has 0 radical (unpaired) electrons. The molecule has 1 aromatic heterocycles. The lowest BCUT2D eigenvalue weighted by molar-refractivity contribution is -0.117. The van der Waals surface area contributed by atoms with Gasteiger partial charge in [-0.05, 0) is 41.7 Å². The zero-order valence-corrected chi connectivity index (χ0v) is 16.0. The van der Waals surface area contributed by atoms with Gasteiger partial charge in [-0.25, -0.2) is 9.07 Å². The zero-order chi connectivity index (χ0) is 19.7. The average molecular weight is 378 g/mol. The Hall–Kier alpha value is -3.15. The Morgan fingerprint density at radius 1 is 1.18 bits per heavy atom. The maximum atomic E-state index is 13.9. The Bertz CT molecular complexity index is 980. The number of halogens is 1. The number of aromatic nitrogens is 2. The van der Waals surface area contributed by atoms with E-state index in [0.717, 1.165) is 11.3 Å². The minimum absolute atomic E-state index is 0.0452. The highest BCUT2D eigenvalue weighted by molar-refractivity contribution is 5.94. The second-order valence-corrected chi connectivity index (χ2v) is 7.39. The molecule has 5 nitrogen and oxygen atoms in total. The van der Waals surface area contributed by atoms with E-state index < -0.39 is 0 Å². The number of amides is 1. The predicted octanol–water partition coefficient (Wildman–Crippen LogP) is 3.88. The Balaban J connectivity index is 1.41. The Kier molecular flexibility index (Phi) is 4.86. The van der Waals surface area contributed by atoms with Crippen LogP contribution in [0.2, 0.25) is 0 Å². The van der Waals surface area contributed by atoms with E-state index in [-0.39, 0.29) is 23.6 Å². The molecule has 0 saturated heterocycles. The van der Waals surface area contributed by atoms with Gasteiger partial charge in [0.15, 0.2) is 0 Å². The van der Waals surface area contributed by atoms with Crippen LogP contribution in [-0.2, 0) is 11.3 Å². The fraction of sp³-hybridized carbons (Fsp3) is 0.273. The molecule has 3 aromatic rings. The van der Waals surface area contributed by atoms with Crippen molar-refractivity contribution < 1.29 is 9.18 Å². The van der Waals surface area contributed by atoms with Gasteiger partial charge in [0, 0.05) is 31.8 Å². The molecular formula is C22H23FN4O. The highest BCUT2D eigenvalue weighted by Crippen LogP contribution is 2.48. The molecule has 144 valence electrons. The molecule has 2 unspecified atom stereocenters. The third-order valence-electron chi connectivity index (χ3n) is 5.18. The maximum absolute atomic E-state index is 13.9. The minimum atomic E-state index is -0.242. The highest BCUT2D eigenvalue weighted by Gasteiger charge is 2.45. The van der Waals surface area contributed by atoms with Crippen LogP contribution in [0.15, 0.2) is 60.8 Å². The summed E-state index contributed by atoms with van der Waals surface area (Å²) in [5, 5.41) is 7.28. The Morgan fingerprint density at radius 2 is 1.93 bits per heavy atom. The Morgan fingerprint density at radius 3 is 2.64 bits per heavy atom. The second-order valence-electron chi connectivity index (χ2n) is 7.39. The van der Waals surface area contributed by atoms with Crippen molar-refractivity contribution in [3.63, 3.8) is 0 Å². The summed E-state index contributed by atoms with van der Waals surface area (Å²) in [4.78, 5) is 14.7. The van der Waals surface area contributed by atoms with Crippen LogP contribution in [-0.4, -0.2) is 29.8 Å². The molecule has 4 rings (SSSR count). The zero-order valence-electron chi connectivity index (χ0n) is 16.0. The number of benzene rings is 2. The summed E-state index contributed by atoms with van der Waals surface area (Å²) in [5.74, 6) is 0.0867. The number of rotatable bonds is 6. The first-order valence-corrected chi connectivity index (χ1v) is 9.36. The summed E-state index contributed by atoms with van der Waals surface area (Å²) in [6.45, 7) is 0.567. The fourth-order valence-electron chi connectivity index (χ4n) is 3.46. The van der Waals surface area contributed by atoms with E-state index in [9.17, 15) is 9.18 Å². The molecule has 1 fully saturated rings. The van der Waals surface area contributed by atoms with Crippen molar-refractivity contribution in [3.8, 4) is 0 Å². The number of nitrogens with one attached hydrogen (secondary N) is 1. The summed E-state index contributed by atoms with van der Waals surface area (Å²) in [6.07, 6.45) is 2.35. The normalized spacial score (nSPS) is 18.0. The van der Waals surface area contributed by atoms with Gasteiger partial charge in [0.05, 0.1) is 12.7 Å². The molecule has 6 heteroatoms. The van der Waals surface area contributed by atoms with Gasteiger partial charge in [-0.15, -0.1) is 0 Å². The standard InChI is InChI=1S/C22H23FN4O/c1-26(2)16-9-7-15(8-10-16)14-27-21(11-12-24-27)25-22(28)19-13-18(19)17-5-3-4-6-20(17)23/h3-12,18-19H,13-14H2,1-2H3,(H,25,28). The highest BCUT2D eigenvalue weighted by atomic mass is 19.1. The van der Waals surface area contributed by atoms with Crippen LogP contribution in [0.4, 0.5) is 15.9 Å². The summed E-state index contributed by atoms with van der Waals surface area (Å²) < 4.78 is 15.7. The van der Waals surface area contributed by atoms with E-state index in [2.05, 4.69) is 34.7 Å². The fourth-order valence-corrected chi connectivity index (χ4v) is 3.46. The first kappa shape index (κ1) is 18.2. The molecule has 28 heavy (non-hydrogen) atoms. The summed E-state index contributed by atoms with van der Waals surface area (Å²) in [7, 11) is 4.01. The van der Waals surface area contributed by atoms with Crippen molar-refractivity contribution >= 4 is 17.4 Å². The molecule has 2 atom stereocenters. The van der Waals surface area contributed by atoms with Gasteiger partial charge in [0.1, 0.15) is 11.6 Å². The summed E-state index contributed by atoms with van der Waals surface area (Å²) in [6, 6.07) is 16.7. The van der Waals surface area contributed by atoms with Gasteiger partial charge < -0.3 is 10.2 Å². The number of hydrogen-bond acceptors (Lipinski definition) is 3. The lowest BCUT2D eigenvalue weighted by Gasteiger charge is -2.13. The number of carbonyl (C=O) groups excluding carboxylic acids is 1. The van der Waals surface area contributed by atoms with E-state index in [1.54, 1.807) is 29.1 Å². The van der Waals surface area contributed by atoms with Crippen LogP contribution < -0.4 is 10.2 Å². The van der Waals surface area contributed by atoms with Crippen LogP contribution in [0.3, 0.4) is 0 Å². The maximum Gasteiger partial charge on any atom is 0.229 e. The Labute approximate surface area is 163 Å². The molecule has 1 saturated carbocycles. The van der Waals surface area contributed by atoms with Gasteiger partial charge in [-0.1, -0.05) is 30.3 Å². The molecule has 1 aliphatic rings. The van der Waals surface area contributed by atoms with Gasteiger partial charge in [0.2, 0.25) is 5.91 Å². The first-order valence-electron chi connectivity index (χ1n) is 9.36. The third-order valence-corrected chi connectivity index (χ3v) is 5.18. The molecular weight excluding hydrogens is 355 g/mol. The van der Waals surface area contributed by atoms with Gasteiger partial charge in [0.25, 0.3) is 0 Å². The quantitative estimate of drug-likeness (QED) is 0.708. The number of anilines is 2. The molecule has 0 spiro atoms. The topological polar surface area (TPSA) is 50.2 Å². The first-order chi connectivity index (χ1) is 13.5. The predicted molar refractivity (Wildman–Crippen MR) is 108 cm³/mol. The average Bonchev–Trinajstić information content (AvgIpc) is 3.37. The lowest BCUT2D eigenvalue weighted by atomic mass is 10.1. The van der Waals surface area contributed by atoms with Crippen molar-refractivity contribution in [3.05, 3.63) is 77.7 Å². The molecule has 1 aliphatic carbocycles. The number of carbonyl (C=O) groups is 1. The largest absolute Gasteiger partial charge is 0.378 e. The van der Waals surface area contributed by atoms with Crippen LogP contribution in [0.25, 0.3) is 0 Å². The van der Waals surface area contributed by atoms with Crippen molar-refractivity contribution in [2.24, 2.45) is 5.92 Å². The van der Waals surface area contributed by atoms with Crippen LogP contribution in [0, 0.1) is 11.7 Å². The van der Waals surface area contributed by atoms with Crippen LogP contribution in [0.1, 0.15) is 23.5 Å². The van der Waals surface area contributed by atoms with Gasteiger partial charge >= 0.3 is 0 Å². The molecule has 1 heterocycles. The van der Waals surface area contributed by atoms with Crippen molar-refractivity contribution in [1.82, 2.24) is 9.78 Å². The van der Waals surface area contributed by atoms with E-state index >= 15 is 0 Å². The monoisotopic (exact) mass is 378 g/mol. The summed E-state index contributed by atoms with van der Waals surface area (Å²) >= 11 is 0. The molecule has 0 aliphatic heterocycles. The number of hydrogen-bond donors (Lipinski definition) is 1. The van der Waals surface area contributed by atoms with Crippen LogP contribution in [0.5, 0.6) is 0 Å². The van der Waals surface area contributed by atoms with E-state index in [1.165, 1.54) is 6.07 Å². The SMILES string of the molecule is CN(C)c1ccc(Cn2nccc2NC(=O)C2CC2c2ccccc2F)cc1. The van der Waals surface area contributed by atoms with E-state index in [0.29, 0.717) is 24.3 Å². The molecule has 0 bridgehead atoms. The smallest absolute Gasteiger partial charge is 0.229 e. The molecule has 2 aromatic carbocycles. The molecule has 1 N–H and O–H groups in total. The van der Waals surface area contributed by atoms with Crippen LogP contribution >= 0.6 is 0 Å². The summed E-state index contributed by atoms with van der Waals surface area (Å²) in [5.41, 5.74) is 2.85. The third kappa shape index (κ3) is 3.76. The van der Waals surface area contributed by atoms with Gasteiger partial charge in [-0.3, -0.25) is 4.79 Å². The second kappa shape index (κ2) is 7.46. The van der Waals surface area contributed by atoms with Gasteiger partial charge in [-0.2, -0.15) is 5.10 Å². The minimum Gasteiger partial charge on any atom is -0.378 e. The number of nitrogens with zero attached hydrogens (tertiary/aromatic N) is 3. The van der Waals surface area contributed by atoms with Crippen molar-refractivity contribution in [2.75, 3.05) is 24.3 Å². The molecule has 1 amide bonds. The van der Waals surface area contributed by atoms with E-state index in [4.69, 9.17) is 0 Å². The van der Waals surface area contributed by atoms with Crippen molar-refractivity contribution in [2.45, 2.75) is 18.9 Å². The van der Waals surface area contributed by atoms with Crippen molar-refractivity contribution in [1.29, 1.82) is 0 Å². The van der Waals surface area contributed by atoms with E-state index in [1.807, 2.05) is 25.1 Å².